The Hall–Kier alpha value is -1.35. The number of ether oxygens (including phenoxy) is 1. The highest BCUT2D eigenvalue weighted by Gasteiger charge is 2.32. The zero-order valence-corrected chi connectivity index (χ0v) is 19.5. The summed E-state index contributed by atoms with van der Waals surface area (Å²) >= 11 is 0. The third kappa shape index (κ3) is 11.9. The van der Waals surface area contributed by atoms with Gasteiger partial charge in [0.25, 0.3) is 0 Å². The number of carbonyl (C=O) groups excluding carboxylic acids is 1. The minimum atomic E-state index is 0.501. The van der Waals surface area contributed by atoms with Crippen LogP contribution in [0.3, 0.4) is 0 Å². The van der Waals surface area contributed by atoms with Gasteiger partial charge in [-0.25, -0.2) is 0 Å². The van der Waals surface area contributed by atoms with E-state index in [4.69, 9.17) is 4.74 Å². The standard InChI is InChI=1S/C10H17NO.C8H10O.3C2H6/c1-11-5-4-8-6-10(12)3-2-9(8)7-11;1-7-3-5-8(9-2)6-4-7;3*1-2/h8-9H,2-7H2,1H3;3-6H,1-2H3;3*1-2H3. The highest BCUT2D eigenvalue weighted by molar-refractivity contribution is 5.79. The number of hydrogen-bond acceptors (Lipinski definition) is 3. The first-order valence-corrected chi connectivity index (χ1v) is 10.9. The molecule has 0 spiro atoms. The zero-order chi connectivity index (χ0) is 21.2. The van der Waals surface area contributed by atoms with E-state index in [9.17, 15) is 4.79 Å². The largest absolute Gasteiger partial charge is 0.497 e. The van der Waals surface area contributed by atoms with Crippen molar-refractivity contribution in [2.45, 2.75) is 74.1 Å². The molecular formula is C24H45NO2. The Balaban J connectivity index is 0. The van der Waals surface area contributed by atoms with Crippen LogP contribution in [0.1, 0.15) is 72.8 Å². The van der Waals surface area contributed by atoms with Gasteiger partial charge in [-0.1, -0.05) is 59.2 Å². The second-order valence-electron chi connectivity index (χ2n) is 6.37. The van der Waals surface area contributed by atoms with Crippen molar-refractivity contribution in [2.75, 3.05) is 27.2 Å². The highest BCUT2D eigenvalue weighted by Crippen LogP contribution is 2.33. The lowest BCUT2D eigenvalue weighted by Gasteiger charge is -2.39. The second-order valence-corrected chi connectivity index (χ2v) is 6.37. The molecule has 2 atom stereocenters. The predicted molar refractivity (Wildman–Crippen MR) is 120 cm³/mol. The van der Waals surface area contributed by atoms with E-state index in [2.05, 4.69) is 18.9 Å². The molecular weight excluding hydrogens is 334 g/mol. The van der Waals surface area contributed by atoms with Crippen LogP contribution in [0.2, 0.25) is 0 Å². The number of aryl methyl sites for hydroxylation is 1. The summed E-state index contributed by atoms with van der Waals surface area (Å²) < 4.78 is 4.97. The van der Waals surface area contributed by atoms with E-state index in [1.165, 1.54) is 25.1 Å². The fourth-order valence-corrected chi connectivity index (χ4v) is 3.27. The molecule has 0 aromatic heterocycles. The molecule has 3 rings (SSSR count). The summed E-state index contributed by atoms with van der Waals surface area (Å²) in [5.41, 5.74) is 1.26. The first-order chi connectivity index (χ1) is 13.1. The van der Waals surface area contributed by atoms with Gasteiger partial charge in [0.15, 0.2) is 0 Å². The molecule has 0 N–H and O–H groups in total. The molecule has 1 heterocycles. The van der Waals surface area contributed by atoms with E-state index < -0.39 is 0 Å². The van der Waals surface area contributed by atoms with E-state index in [0.29, 0.717) is 5.78 Å². The summed E-state index contributed by atoms with van der Waals surface area (Å²) in [4.78, 5) is 13.6. The van der Waals surface area contributed by atoms with Crippen LogP contribution in [-0.2, 0) is 4.79 Å². The number of benzene rings is 1. The monoisotopic (exact) mass is 379 g/mol. The number of fused-ring (bicyclic) bond motifs is 1. The molecule has 0 bridgehead atoms. The fourth-order valence-electron chi connectivity index (χ4n) is 3.27. The number of ketones is 1. The first-order valence-electron chi connectivity index (χ1n) is 10.9. The average Bonchev–Trinajstić information content (AvgIpc) is 2.74. The van der Waals surface area contributed by atoms with Crippen LogP contribution in [0.5, 0.6) is 5.75 Å². The smallest absolute Gasteiger partial charge is 0.133 e. The van der Waals surface area contributed by atoms with E-state index >= 15 is 0 Å². The van der Waals surface area contributed by atoms with Crippen LogP contribution < -0.4 is 4.74 Å². The van der Waals surface area contributed by atoms with Gasteiger partial charge in [-0.3, -0.25) is 4.79 Å². The van der Waals surface area contributed by atoms with Gasteiger partial charge in [0.1, 0.15) is 11.5 Å². The number of likely N-dealkylation sites (tertiary alicyclic amines) is 1. The van der Waals surface area contributed by atoms with Crippen molar-refractivity contribution in [3.63, 3.8) is 0 Å². The number of rotatable bonds is 1. The van der Waals surface area contributed by atoms with Crippen molar-refractivity contribution in [1.29, 1.82) is 0 Å². The summed E-state index contributed by atoms with van der Waals surface area (Å²) in [6.07, 6.45) is 4.11. The van der Waals surface area contributed by atoms with Crippen molar-refractivity contribution in [3.05, 3.63) is 29.8 Å². The lowest BCUT2D eigenvalue weighted by atomic mass is 9.75. The maximum Gasteiger partial charge on any atom is 0.133 e. The predicted octanol–water partition coefficient (Wildman–Crippen LogP) is 6.39. The molecule has 1 aliphatic carbocycles. The van der Waals surface area contributed by atoms with E-state index in [-0.39, 0.29) is 0 Å². The normalized spacial score (nSPS) is 20.6. The Morgan fingerprint density at radius 3 is 2.00 bits per heavy atom. The number of methoxy groups -OCH3 is 1. The number of hydrogen-bond donors (Lipinski definition) is 0. The minimum absolute atomic E-state index is 0.501. The van der Waals surface area contributed by atoms with Gasteiger partial charge in [0, 0.05) is 19.4 Å². The van der Waals surface area contributed by atoms with Crippen LogP contribution in [0.4, 0.5) is 0 Å². The van der Waals surface area contributed by atoms with Gasteiger partial charge < -0.3 is 9.64 Å². The van der Waals surface area contributed by atoms with Crippen LogP contribution in [0, 0.1) is 18.8 Å². The van der Waals surface area contributed by atoms with Crippen LogP contribution >= 0.6 is 0 Å². The highest BCUT2D eigenvalue weighted by atomic mass is 16.5. The Morgan fingerprint density at radius 2 is 1.48 bits per heavy atom. The minimum Gasteiger partial charge on any atom is -0.497 e. The molecule has 1 aliphatic heterocycles. The number of carbonyl (C=O) groups is 1. The van der Waals surface area contributed by atoms with Crippen molar-refractivity contribution in [1.82, 2.24) is 4.90 Å². The molecule has 3 heteroatoms. The molecule has 2 unspecified atom stereocenters. The van der Waals surface area contributed by atoms with Gasteiger partial charge in [-0.2, -0.15) is 0 Å². The summed E-state index contributed by atoms with van der Waals surface area (Å²) in [7, 11) is 3.86. The van der Waals surface area contributed by atoms with Crippen LogP contribution in [0.15, 0.2) is 24.3 Å². The molecule has 0 amide bonds. The van der Waals surface area contributed by atoms with Crippen LogP contribution in [-0.4, -0.2) is 37.9 Å². The van der Waals surface area contributed by atoms with Crippen molar-refractivity contribution >= 4 is 5.78 Å². The Morgan fingerprint density at radius 1 is 0.926 bits per heavy atom. The Labute approximate surface area is 169 Å². The average molecular weight is 380 g/mol. The second kappa shape index (κ2) is 18.0. The molecule has 0 radical (unpaired) electrons. The topological polar surface area (TPSA) is 29.5 Å². The molecule has 3 nitrogen and oxygen atoms in total. The van der Waals surface area contributed by atoms with Crippen LogP contribution in [0.25, 0.3) is 0 Å². The summed E-state index contributed by atoms with van der Waals surface area (Å²) in [6.45, 7) is 16.5. The lowest BCUT2D eigenvalue weighted by molar-refractivity contribution is -0.123. The maximum absolute atomic E-state index is 11.2. The third-order valence-electron chi connectivity index (χ3n) is 4.63. The molecule has 2 aliphatic rings. The Bertz CT molecular complexity index is 456. The molecule has 1 aromatic rings. The zero-order valence-electron chi connectivity index (χ0n) is 19.5. The van der Waals surface area contributed by atoms with Gasteiger partial charge >= 0.3 is 0 Å². The fraction of sp³-hybridized carbons (Fsp3) is 0.708. The maximum atomic E-state index is 11.2. The summed E-state index contributed by atoms with van der Waals surface area (Å²) in [5.74, 6) is 2.96. The molecule has 27 heavy (non-hydrogen) atoms. The third-order valence-corrected chi connectivity index (χ3v) is 4.63. The quantitative estimate of drug-likeness (QED) is 0.566. The van der Waals surface area contributed by atoms with E-state index in [1.807, 2.05) is 65.8 Å². The number of nitrogens with zero attached hydrogens (tertiary/aromatic N) is 1. The van der Waals surface area contributed by atoms with Crippen molar-refractivity contribution in [3.8, 4) is 5.75 Å². The molecule has 1 saturated carbocycles. The Kier molecular flexibility index (Phi) is 18.6. The first kappa shape index (κ1) is 27.9. The van der Waals surface area contributed by atoms with Gasteiger partial charge in [-0.15, -0.1) is 0 Å². The number of Topliss-reactive ketones (excluding diaryl/α,β-unsaturated/α-hetero) is 1. The molecule has 1 saturated heterocycles. The SMILES string of the molecule is CC.CC.CC.CN1CCC2CC(=O)CCC2C1.COc1ccc(C)cc1. The van der Waals surface area contributed by atoms with Crippen molar-refractivity contribution in [2.24, 2.45) is 11.8 Å². The number of piperidine rings is 1. The lowest BCUT2D eigenvalue weighted by Crippen LogP contribution is -2.41. The van der Waals surface area contributed by atoms with Crippen molar-refractivity contribution < 1.29 is 9.53 Å². The van der Waals surface area contributed by atoms with E-state index in [0.717, 1.165) is 36.8 Å². The van der Waals surface area contributed by atoms with Gasteiger partial charge in [-0.05, 0) is 57.3 Å². The summed E-state index contributed by atoms with van der Waals surface area (Å²) in [6, 6.07) is 7.96. The summed E-state index contributed by atoms with van der Waals surface area (Å²) in [5, 5.41) is 0. The van der Waals surface area contributed by atoms with Gasteiger partial charge in [0.05, 0.1) is 7.11 Å². The molecule has 158 valence electrons. The van der Waals surface area contributed by atoms with E-state index in [1.54, 1.807) is 7.11 Å². The van der Waals surface area contributed by atoms with Gasteiger partial charge in [0.2, 0.25) is 0 Å². The molecule has 1 aromatic carbocycles. The molecule has 2 fully saturated rings.